The lowest BCUT2D eigenvalue weighted by Crippen LogP contribution is -2.37. The fourth-order valence-electron chi connectivity index (χ4n) is 3.39. The van der Waals surface area contributed by atoms with Gasteiger partial charge < -0.3 is 10.1 Å². The SMILES string of the molecule is Cc1ccc2c(C(=O)N[C@H]3CCO[C@@H]3c3ccnn3C)cnn2c1C. The van der Waals surface area contributed by atoms with E-state index in [1.54, 1.807) is 17.1 Å². The molecule has 0 unspecified atom stereocenters. The van der Waals surface area contributed by atoms with Crippen molar-refractivity contribution in [2.75, 3.05) is 6.61 Å². The fraction of sp³-hybridized carbons (Fsp3) is 0.389. The Morgan fingerprint density at radius 2 is 2.12 bits per heavy atom. The van der Waals surface area contributed by atoms with E-state index in [0.29, 0.717) is 12.2 Å². The van der Waals surface area contributed by atoms with Gasteiger partial charge in [0.2, 0.25) is 0 Å². The average molecular weight is 339 g/mol. The van der Waals surface area contributed by atoms with Crippen LogP contribution in [-0.2, 0) is 11.8 Å². The summed E-state index contributed by atoms with van der Waals surface area (Å²) in [6, 6.07) is 5.80. The van der Waals surface area contributed by atoms with Crippen LogP contribution in [0.1, 0.15) is 39.8 Å². The van der Waals surface area contributed by atoms with Crippen molar-refractivity contribution in [1.82, 2.24) is 24.7 Å². The minimum atomic E-state index is -0.178. The number of hydrogen-bond acceptors (Lipinski definition) is 4. The summed E-state index contributed by atoms with van der Waals surface area (Å²) in [6.45, 7) is 4.65. The van der Waals surface area contributed by atoms with Crippen molar-refractivity contribution in [2.24, 2.45) is 7.05 Å². The molecule has 0 radical (unpaired) electrons. The third kappa shape index (κ3) is 2.60. The summed E-state index contributed by atoms with van der Waals surface area (Å²) in [5.74, 6) is -0.124. The van der Waals surface area contributed by atoms with Crippen molar-refractivity contribution in [3.8, 4) is 0 Å². The lowest BCUT2D eigenvalue weighted by atomic mass is 10.1. The summed E-state index contributed by atoms with van der Waals surface area (Å²) < 4.78 is 9.44. The molecule has 7 nitrogen and oxygen atoms in total. The average Bonchev–Trinajstić information content (AvgIpc) is 3.30. The molecule has 7 heteroatoms. The highest BCUT2D eigenvalue weighted by Gasteiger charge is 2.33. The summed E-state index contributed by atoms with van der Waals surface area (Å²) in [7, 11) is 1.88. The molecule has 1 aliphatic rings. The molecule has 1 fully saturated rings. The van der Waals surface area contributed by atoms with E-state index in [2.05, 4.69) is 15.5 Å². The van der Waals surface area contributed by atoms with Crippen LogP contribution >= 0.6 is 0 Å². The number of amides is 1. The Hall–Kier alpha value is -2.67. The van der Waals surface area contributed by atoms with E-state index in [-0.39, 0.29) is 18.1 Å². The molecule has 2 atom stereocenters. The van der Waals surface area contributed by atoms with E-state index in [0.717, 1.165) is 28.9 Å². The van der Waals surface area contributed by atoms with E-state index in [4.69, 9.17) is 4.74 Å². The Bertz CT molecular complexity index is 942. The first kappa shape index (κ1) is 15.8. The number of fused-ring (bicyclic) bond motifs is 1. The molecule has 1 amide bonds. The molecule has 25 heavy (non-hydrogen) atoms. The number of aryl methyl sites for hydroxylation is 3. The van der Waals surface area contributed by atoms with Crippen LogP contribution in [0.2, 0.25) is 0 Å². The number of ether oxygens (including phenoxy) is 1. The highest BCUT2D eigenvalue weighted by atomic mass is 16.5. The fourth-order valence-corrected chi connectivity index (χ4v) is 3.39. The molecular formula is C18H21N5O2. The summed E-state index contributed by atoms with van der Waals surface area (Å²) in [5, 5.41) is 11.7. The maximum atomic E-state index is 12.8. The molecule has 0 saturated carbocycles. The summed E-state index contributed by atoms with van der Waals surface area (Å²) in [6.07, 6.45) is 3.97. The first-order valence-corrected chi connectivity index (χ1v) is 8.40. The van der Waals surface area contributed by atoms with Gasteiger partial charge in [-0.2, -0.15) is 10.2 Å². The Balaban J connectivity index is 1.60. The van der Waals surface area contributed by atoms with Gasteiger partial charge in [0.15, 0.2) is 0 Å². The second kappa shape index (κ2) is 6.00. The zero-order chi connectivity index (χ0) is 17.6. The molecule has 1 aliphatic heterocycles. The number of nitrogens with one attached hydrogen (secondary N) is 1. The van der Waals surface area contributed by atoms with Crippen LogP contribution in [0.3, 0.4) is 0 Å². The van der Waals surface area contributed by atoms with Crippen LogP contribution < -0.4 is 5.32 Å². The van der Waals surface area contributed by atoms with E-state index < -0.39 is 0 Å². The molecule has 4 rings (SSSR count). The molecule has 1 saturated heterocycles. The molecule has 130 valence electrons. The number of pyridine rings is 1. The largest absolute Gasteiger partial charge is 0.370 e. The van der Waals surface area contributed by atoms with Crippen molar-refractivity contribution in [2.45, 2.75) is 32.4 Å². The van der Waals surface area contributed by atoms with Gasteiger partial charge in [-0.3, -0.25) is 9.48 Å². The minimum absolute atomic E-state index is 0.0793. The Morgan fingerprint density at radius 1 is 1.28 bits per heavy atom. The third-order valence-corrected chi connectivity index (χ3v) is 4.99. The maximum Gasteiger partial charge on any atom is 0.255 e. The number of carbonyl (C=O) groups is 1. The Labute approximate surface area is 145 Å². The van der Waals surface area contributed by atoms with Crippen molar-refractivity contribution >= 4 is 11.4 Å². The summed E-state index contributed by atoms with van der Waals surface area (Å²) in [5.41, 5.74) is 4.54. The van der Waals surface area contributed by atoms with Crippen LogP contribution in [0, 0.1) is 13.8 Å². The third-order valence-electron chi connectivity index (χ3n) is 4.99. The zero-order valence-corrected chi connectivity index (χ0v) is 14.6. The highest BCUT2D eigenvalue weighted by Crippen LogP contribution is 2.29. The van der Waals surface area contributed by atoms with Gasteiger partial charge in [0.1, 0.15) is 6.10 Å². The smallest absolute Gasteiger partial charge is 0.255 e. The van der Waals surface area contributed by atoms with Gasteiger partial charge in [-0.25, -0.2) is 4.52 Å². The van der Waals surface area contributed by atoms with Gasteiger partial charge in [0, 0.05) is 25.5 Å². The van der Waals surface area contributed by atoms with Crippen LogP contribution in [-0.4, -0.2) is 38.0 Å². The van der Waals surface area contributed by atoms with E-state index in [1.165, 1.54) is 0 Å². The molecule has 3 aromatic heterocycles. The van der Waals surface area contributed by atoms with Gasteiger partial charge >= 0.3 is 0 Å². The van der Waals surface area contributed by atoms with E-state index >= 15 is 0 Å². The number of aromatic nitrogens is 4. The number of nitrogens with zero attached hydrogens (tertiary/aromatic N) is 4. The maximum absolute atomic E-state index is 12.8. The van der Waals surface area contributed by atoms with E-state index in [9.17, 15) is 4.79 Å². The molecule has 0 aliphatic carbocycles. The van der Waals surface area contributed by atoms with Crippen LogP contribution in [0.4, 0.5) is 0 Å². The number of carbonyl (C=O) groups excluding carboxylic acids is 1. The molecule has 3 aromatic rings. The molecule has 1 N–H and O–H groups in total. The van der Waals surface area contributed by atoms with Gasteiger partial charge in [-0.1, -0.05) is 6.07 Å². The topological polar surface area (TPSA) is 73.4 Å². The summed E-state index contributed by atoms with van der Waals surface area (Å²) in [4.78, 5) is 12.8. The quantitative estimate of drug-likeness (QED) is 0.791. The zero-order valence-electron chi connectivity index (χ0n) is 14.6. The predicted octanol–water partition coefficient (Wildman–Crippen LogP) is 1.94. The van der Waals surface area contributed by atoms with Crippen molar-refractivity contribution < 1.29 is 9.53 Å². The van der Waals surface area contributed by atoms with Crippen molar-refractivity contribution in [3.05, 3.63) is 53.1 Å². The molecule has 0 aromatic carbocycles. The number of rotatable bonds is 3. The van der Waals surface area contributed by atoms with Crippen LogP contribution in [0.25, 0.3) is 5.52 Å². The Kier molecular flexibility index (Phi) is 3.80. The summed E-state index contributed by atoms with van der Waals surface area (Å²) >= 11 is 0. The molecule has 0 bridgehead atoms. The normalized spacial score (nSPS) is 20.3. The van der Waals surface area contributed by atoms with Crippen LogP contribution in [0.5, 0.6) is 0 Å². The lowest BCUT2D eigenvalue weighted by molar-refractivity contribution is 0.0793. The van der Waals surface area contributed by atoms with Crippen molar-refractivity contribution in [1.29, 1.82) is 0 Å². The first-order valence-electron chi connectivity index (χ1n) is 8.40. The standard InChI is InChI=1S/C18H21N5O2/c1-11-4-5-15-13(10-20-23(15)12(11)2)18(24)21-14-7-9-25-17(14)16-6-8-19-22(16)3/h4-6,8,10,14,17H,7,9H2,1-3H3,(H,21,24)/t14-,17-/m0/s1. The predicted molar refractivity (Wildman–Crippen MR) is 92.4 cm³/mol. The highest BCUT2D eigenvalue weighted by molar-refractivity contribution is 6.00. The van der Waals surface area contributed by atoms with Gasteiger partial charge in [-0.05, 0) is 38.0 Å². The van der Waals surface area contributed by atoms with Crippen LogP contribution in [0.15, 0.2) is 30.6 Å². The molecular weight excluding hydrogens is 318 g/mol. The second-order valence-corrected chi connectivity index (χ2v) is 6.50. The first-order chi connectivity index (χ1) is 12.1. The minimum Gasteiger partial charge on any atom is -0.370 e. The number of hydrogen-bond donors (Lipinski definition) is 1. The van der Waals surface area contributed by atoms with E-state index in [1.807, 2.05) is 43.6 Å². The van der Waals surface area contributed by atoms with Gasteiger partial charge in [0.25, 0.3) is 5.91 Å². The van der Waals surface area contributed by atoms with Gasteiger partial charge in [0.05, 0.1) is 29.0 Å². The molecule has 0 spiro atoms. The Morgan fingerprint density at radius 3 is 2.88 bits per heavy atom. The van der Waals surface area contributed by atoms with Gasteiger partial charge in [-0.15, -0.1) is 0 Å². The van der Waals surface area contributed by atoms with Crippen molar-refractivity contribution in [3.63, 3.8) is 0 Å². The monoisotopic (exact) mass is 339 g/mol. The molecule has 4 heterocycles. The lowest BCUT2D eigenvalue weighted by Gasteiger charge is -2.20. The second-order valence-electron chi connectivity index (χ2n) is 6.50.